The maximum Gasteiger partial charge on any atom is 0.406 e. The van der Waals surface area contributed by atoms with Crippen LogP contribution in [0.5, 0.6) is 0 Å². The second-order valence-electron chi connectivity index (χ2n) is 9.37. The summed E-state index contributed by atoms with van der Waals surface area (Å²) in [6, 6.07) is 6.17. The highest BCUT2D eigenvalue weighted by Crippen LogP contribution is 2.29. The van der Waals surface area contributed by atoms with Crippen LogP contribution in [0.15, 0.2) is 54.5 Å². The van der Waals surface area contributed by atoms with Gasteiger partial charge < -0.3 is 24.8 Å². The molecular formula is C29H37F3N4O. The lowest BCUT2D eigenvalue weighted by Crippen LogP contribution is -2.40. The Hall–Kier alpha value is -3.15. The van der Waals surface area contributed by atoms with E-state index >= 15 is 0 Å². The van der Waals surface area contributed by atoms with Crippen molar-refractivity contribution in [1.29, 1.82) is 0 Å². The average molecular weight is 515 g/mol. The van der Waals surface area contributed by atoms with E-state index in [1.807, 2.05) is 26.0 Å². The molecule has 5 nitrogen and oxygen atoms in total. The van der Waals surface area contributed by atoms with Crippen molar-refractivity contribution >= 4 is 10.9 Å². The molecule has 0 amide bonds. The third-order valence-electron chi connectivity index (χ3n) is 6.51. The first-order valence-corrected chi connectivity index (χ1v) is 12.5. The molecule has 2 aromatic rings. The quantitative estimate of drug-likeness (QED) is 0.272. The summed E-state index contributed by atoms with van der Waals surface area (Å²) in [6.45, 7) is 9.38. The lowest BCUT2D eigenvalue weighted by Gasteiger charge is -2.29. The molecule has 0 aliphatic carbocycles. The number of methoxy groups -OCH3 is 1. The molecule has 0 saturated carbocycles. The minimum atomic E-state index is -4.36. The number of nitrogens with zero attached hydrogens (tertiary/aromatic N) is 2. The number of hydrogen-bond donors (Lipinski definition) is 2. The largest absolute Gasteiger partial charge is 0.495 e. The number of hydrogen-bond acceptors (Lipinski definition) is 4. The highest BCUT2D eigenvalue weighted by molar-refractivity contribution is 5.86. The number of aromatic nitrogens is 1. The molecule has 2 N–H and O–H groups in total. The summed E-state index contributed by atoms with van der Waals surface area (Å²) in [4.78, 5) is 2.32. The van der Waals surface area contributed by atoms with Crippen molar-refractivity contribution in [1.82, 2.24) is 20.1 Å². The van der Waals surface area contributed by atoms with Gasteiger partial charge >= 0.3 is 6.18 Å². The highest BCUT2D eigenvalue weighted by atomic mass is 19.4. The maximum atomic E-state index is 13.5. The van der Waals surface area contributed by atoms with Crippen LogP contribution in [0.3, 0.4) is 0 Å². The Morgan fingerprint density at radius 2 is 1.97 bits per heavy atom. The van der Waals surface area contributed by atoms with Crippen molar-refractivity contribution in [3.63, 3.8) is 0 Å². The maximum absolute atomic E-state index is 13.5. The lowest BCUT2D eigenvalue weighted by atomic mass is 10.0. The number of ether oxygens (including phenoxy) is 1. The third-order valence-corrected chi connectivity index (χ3v) is 6.51. The van der Waals surface area contributed by atoms with Gasteiger partial charge in [-0.3, -0.25) is 0 Å². The number of piperidine rings is 1. The molecule has 1 aliphatic heterocycles. The fraction of sp³-hybridized carbons (Fsp3) is 0.448. The first-order valence-electron chi connectivity index (χ1n) is 12.5. The number of nitrogens with one attached hydrogen (secondary N) is 2. The van der Waals surface area contributed by atoms with Crippen LogP contribution in [-0.2, 0) is 17.8 Å². The van der Waals surface area contributed by atoms with Crippen molar-refractivity contribution in [3.8, 4) is 11.8 Å². The second kappa shape index (κ2) is 12.9. The van der Waals surface area contributed by atoms with Crippen LogP contribution >= 0.6 is 0 Å². The summed E-state index contributed by atoms with van der Waals surface area (Å²) >= 11 is 0. The van der Waals surface area contributed by atoms with Gasteiger partial charge in [-0.15, -0.1) is 0 Å². The summed E-state index contributed by atoms with van der Waals surface area (Å²) in [7, 11) is 3.70. The number of fused-ring (bicyclic) bond motifs is 1. The van der Waals surface area contributed by atoms with Crippen molar-refractivity contribution in [2.24, 2.45) is 0 Å². The fourth-order valence-electron chi connectivity index (χ4n) is 4.74. The minimum Gasteiger partial charge on any atom is -0.495 e. The topological polar surface area (TPSA) is 41.5 Å². The number of allylic oxidation sites excluding steroid dienone is 3. The van der Waals surface area contributed by atoms with Gasteiger partial charge in [-0.25, -0.2) is 0 Å². The SMILES string of the molecule is C=C/C=C(NCC#Cc1cc2cc(CNC3CCN(C)CC3)cc(C)c2n1CC(F)(F)F)\C(=C/C)OC. The Bertz CT molecular complexity index is 1210. The van der Waals surface area contributed by atoms with Crippen LogP contribution in [0.25, 0.3) is 10.9 Å². The molecule has 37 heavy (non-hydrogen) atoms. The average Bonchev–Trinajstić information content (AvgIpc) is 3.18. The molecule has 0 atom stereocenters. The van der Waals surface area contributed by atoms with E-state index < -0.39 is 12.7 Å². The van der Waals surface area contributed by atoms with Crippen LogP contribution in [0, 0.1) is 18.8 Å². The zero-order valence-corrected chi connectivity index (χ0v) is 22.1. The van der Waals surface area contributed by atoms with Crippen molar-refractivity contribution in [3.05, 3.63) is 71.3 Å². The van der Waals surface area contributed by atoms with Crippen LogP contribution in [0.1, 0.15) is 36.6 Å². The van der Waals surface area contributed by atoms with E-state index in [2.05, 4.69) is 41.0 Å². The van der Waals surface area contributed by atoms with E-state index in [0.717, 1.165) is 42.4 Å². The summed E-state index contributed by atoms with van der Waals surface area (Å²) in [5.41, 5.74) is 3.47. The molecule has 1 saturated heterocycles. The molecule has 8 heteroatoms. The predicted octanol–water partition coefficient (Wildman–Crippen LogP) is 5.26. The molecule has 0 spiro atoms. The predicted molar refractivity (Wildman–Crippen MR) is 144 cm³/mol. The summed E-state index contributed by atoms with van der Waals surface area (Å²) in [6.07, 6.45) is 3.01. The molecule has 1 aromatic carbocycles. The van der Waals surface area contributed by atoms with Crippen LogP contribution < -0.4 is 10.6 Å². The second-order valence-corrected chi connectivity index (χ2v) is 9.37. The Kier molecular flexibility index (Phi) is 9.90. The minimum absolute atomic E-state index is 0.235. The summed E-state index contributed by atoms with van der Waals surface area (Å²) < 4.78 is 47.1. The van der Waals surface area contributed by atoms with Crippen LogP contribution in [0.4, 0.5) is 13.2 Å². The van der Waals surface area contributed by atoms with E-state index in [1.54, 1.807) is 31.4 Å². The molecule has 0 radical (unpaired) electrons. The van der Waals surface area contributed by atoms with Gasteiger partial charge in [-0.1, -0.05) is 24.6 Å². The Morgan fingerprint density at radius 3 is 2.59 bits per heavy atom. The van der Waals surface area contributed by atoms with Gasteiger partial charge in [0.2, 0.25) is 0 Å². The Labute approximate surface area is 218 Å². The molecule has 1 aliphatic rings. The van der Waals surface area contributed by atoms with Crippen molar-refractivity contribution in [2.75, 3.05) is 33.8 Å². The van der Waals surface area contributed by atoms with Gasteiger partial charge in [0, 0.05) is 18.0 Å². The number of halogens is 3. The molecule has 3 rings (SSSR count). The van der Waals surface area contributed by atoms with Gasteiger partial charge in [0.1, 0.15) is 12.3 Å². The zero-order chi connectivity index (χ0) is 27.0. The molecule has 200 valence electrons. The van der Waals surface area contributed by atoms with Crippen LogP contribution in [-0.4, -0.2) is 55.5 Å². The van der Waals surface area contributed by atoms with Gasteiger partial charge in [0.25, 0.3) is 0 Å². The number of aryl methyl sites for hydroxylation is 1. The Morgan fingerprint density at radius 1 is 1.24 bits per heavy atom. The molecule has 1 fully saturated rings. The van der Waals surface area contributed by atoms with E-state index in [9.17, 15) is 13.2 Å². The molecule has 1 aromatic heterocycles. The number of alkyl halides is 3. The highest BCUT2D eigenvalue weighted by Gasteiger charge is 2.30. The normalized spacial score (nSPS) is 16.0. The first kappa shape index (κ1) is 28.4. The zero-order valence-electron chi connectivity index (χ0n) is 22.1. The van der Waals surface area contributed by atoms with Gasteiger partial charge in [0.05, 0.1) is 30.6 Å². The van der Waals surface area contributed by atoms with E-state index in [-0.39, 0.29) is 6.54 Å². The number of rotatable bonds is 9. The van der Waals surface area contributed by atoms with E-state index in [4.69, 9.17) is 4.74 Å². The van der Waals surface area contributed by atoms with Crippen LogP contribution in [0.2, 0.25) is 0 Å². The monoisotopic (exact) mass is 514 g/mol. The first-order chi connectivity index (χ1) is 17.6. The van der Waals surface area contributed by atoms with Gasteiger partial charge in [-0.05, 0) is 88.2 Å². The molecule has 2 heterocycles. The number of benzene rings is 1. The molecule has 0 unspecified atom stereocenters. The van der Waals surface area contributed by atoms with E-state index in [0.29, 0.717) is 35.3 Å². The Balaban J connectivity index is 1.84. The standard InChI is InChI=1S/C29H37F3N4O/c1-6-9-26(27(7-2)37-5)33-13-8-10-25-18-23-17-22(19-34-24-11-14-35(4)15-12-24)16-21(3)28(23)36(25)20-29(30,31)32/h6-7,9,16-18,24,33-34H,1,11-15,19-20H2,2-5H3/b26-9+,27-7+. The van der Waals surface area contributed by atoms with E-state index in [1.165, 1.54) is 4.57 Å². The lowest BCUT2D eigenvalue weighted by molar-refractivity contribution is -0.140. The molecule has 0 bridgehead atoms. The molecular weight excluding hydrogens is 477 g/mol. The summed E-state index contributed by atoms with van der Waals surface area (Å²) in [5, 5.41) is 7.53. The number of likely N-dealkylation sites (tertiary alicyclic amines) is 1. The van der Waals surface area contributed by atoms with Gasteiger partial charge in [0.15, 0.2) is 0 Å². The summed E-state index contributed by atoms with van der Waals surface area (Å²) in [5.74, 6) is 6.54. The van der Waals surface area contributed by atoms with Crippen molar-refractivity contribution < 1.29 is 17.9 Å². The fourth-order valence-corrected chi connectivity index (χ4v) is 4.74. The van der Waals surface area contributed by atoms with Crippen molar-refractivity contribution in [2.45, 2.75) is 52.0 Å². The third kappa shape index (κ3) is 7.91. The van der Waals surface area contributed by atoms with Gasteiger partial charge in [-0.2, -0.15) is 13.2 Å². The smallest absolute Gasteiger partial charge is 0.406 e.